The largest absolute Gasteiger partial charge is 0.324 e. The van der Waals surface area contributed by atoms with Crippen LogP contribution in [0.5, 0.6) is 0 Å². The van der Waals surface area contributed by atoms with E-state index < -0.39 is 17.5 Å². The molecule has 7 heteroatoms. The number of benzene rings is 2. The van der Waals surface area contributed by atoms with Crippen LogP contribution in [0, 0.1) is 11.6 Å². The number of amides is 2. The monoisotopic (exact) mass is 334 g/mol. The van der Waals surface area contributed by atoms with Crippen LogP contribution in [0.1, 0.15) is 17.3 Å². The molecular formula is C16H12F2N2O2S. The average Bonchev–Trinajstić information content (AvgIpc) is 2.50. The van der Waals surface area contributed by atoms with Crippen LogP contribution < -0.4 is 10.6 Å². The zero-order valence-corrected chi connectivity index (χ0v) is 12.8. The summed E-state index contributed by atoms with van der Waals surface area (Å²) in [7, 11) is 0. The zero-order valence-electron chi connectivity index (χ0n) is 12.0. The summed E-state index contributed by atoms with van der Waals surface area (Å²) in [4.78, 5) is 24.7. The molecule has 1 heterocycles. The Balaban J connectivity index is 1.83. The quantitative estimate of drug-likeness (QED) is 0.881. The lowest BCUT2D eigenvalue weighted by atomic mass is 10.1. The summed E-state index contributed by atoms with van der Waals surface area (Å²) in [6.45, 7) is 1.79. The molecule has 0 aromatic heterocycles. The second-order valence-corrected chi connectivity index (χ2v) is 6.42. The van der Waals surface area contributed by atoms with Crippen LogP contribution in [0.2, 0.25) is 0 Å². The van der Waals surface area contributed by atoms with Crippen molar-refractivity contribution in [2.24, 2.45) is 0 Å². The summed E-state index contributed by atoms with van der Waals surface area (Å²) in [6, 6.07) is 7.76. The van der Waals surface area contributed by atoms with Crippen LogP contribution in [0.3, 0.4) is 0 Å². The van der Waals surface area contributed by atoms with Crippen LogP contribution in [0.15, 0.2) is 41.3 Å². The molecule has 2 amide bonds. The Morgan fingerprint density at radius 2 is 2.00 bits per heavy atom. The van der Waals surface area contributed by atoms with Crippen molar-refractivity contribution in [1.82, 2.24) is 0 Å². The molecule has 3 rings (SSSR count). The van der Waals surface area contributed by atoms with Crippen molar-refractivity contribution >= 4 is 35.0 Å². The lowest BCUT2D eigenvalue weighted by Crippen LogP contribution is -2.26. The zero-order chi connectivity index (χ0) is 16.6. The van der Waals surface area contributed by atoms with E-state index in [1.54, 1.807) is 19.1 Å². The van der Waals surface area contributed by atoms with Gasteiger partial charge in [-0.2, -0.15) is 0 Å². The number of halogens is 2. The number of thioether (sulfide) groups is 1. The average molecular weight is 334 g/mol. The molecule has 0 saturated carbocycles. The normalized spacial score (nSPS) is 16.5. The fourth-order valence-corrected chi connectivity index (χ4v) is 3.07. The molecule has 1 aliphatic heterocycles. The highest BCUT2D eigenvalue weighted by Crippen LogP contribution is 2.36. The second kappa shape index (κ2) is 6.00. The molecule has 0 bridgehead atoms. The molecule has 0 aliphatic carbocycles. The minimum Gasteiger partial charge on any atom is -0.324 e. The van der Waals surface area contributed by atoms with Gasteiger partial charge in [-0.15, -0.1) is 11.8 Å². The molecule has 1 atom stereocenters. The molecular weight excluding hydrogens is 322 g/mol. The Morgan fingerprint density at radius 1 is 1.22 bits per heavy atom. The predicted octanol–water partition coefficient (Wildman–Crippen LogP) is 3.65. The molecule has 2 N–H and O–H groups in total. The van der Waals surface area contributed by atoms with Gasteiger partial charge in [-0.3, -0.25) is 9.59 Å². The Bertz CT molecular complexity index is 811. The van der Waals surface area contributed by atoms with Gasteiger partial charge >= 0.3 is 0 Å². The maximum atomic E-state index is 13.6. The first-order chi connectivity index (χ1) is 10.9. The Kier molecular flexibility index (Phi) is 4.04. The van der Waals surface area contributed by atoms with E-state index in [9.17, 15) is 18.4 Å². The van der Waals surface area contributed by atoms with Crippen molar-refractivity contribution < 1.29 is 18.4 Å². The van der Waals surface area contributed by atoms with Crippen molar-refractivity contribution in [2.75, 3.05) is 10.6 Å². The van der Waals surface area contributed by atoms with Crippen molar-refractivity contribution in [3.05, 3.63) is 53.6 Å². The summed E-state index contributed by atoms with van der Waals surface area (Å²) in [5.74, 6) is -2.25. The summed E-state index contributed by atoms with van der Waals surface area (Å²) in [5, 5.41) is 4.91. The first-order valence-corrected chi connectivity index (χ1v) is 7.70. The minimum atomic E-state index is -0.853. The topological polar surface area (TPSA) is 58.2 Å². The highest BCUT2D eigenvalue weighted by atomic mass is 32.2. The summed E-state index contributed by atoms with van der Waals surface area (Å²) in [6.07, 6.45) is 0. The van der Waals surface area contributed by atoms with E-state index >= 15 is 0 Å². The molecule has 118 valence electrons. The lowest BCUT2D eigenvalue weighted by Gasteiger charge is -2.21. The van der Waals surface area contributed by atoms with Gasteiger partial charge in [-0.05, 0) is 37.3 Å². The van der Waals surface area contributed by atoms with Crippen molar-refractivity contribution in [1.29, 1.82) is 0 Å². The van der Waals surface area contributed by atoms with Gasteiger partial charge in [-0.25, -0.2) is 8.78 Å². The first kappa shape index (κ1) is 15.5. The third-order valence-corrected chi connectivity index (χ3v) is 4.53. The molecule has 4 nitrogen and oxygen atoms in total. The van der Waals surface area contributed by atoms with Crippen molar-refractivity contribution in [3.8, 4) is 0 Å². The third kappa shape index (κ3) is 3.19. The van der Waals surface area contributed by atoms with Crippen LogP contribution in [-0.4, -0.2) is 17.1 Å². The third-order valence-electron chi connectivity index (χ3n) is 3.35. The smallest absolute Gasteiger partial charge is 0.255 e. The van der Waals surface area contributed by atoms with Crippen molar-refractivity contribution in [3.63, 3.8) is 0 Å². The number of fused-ring (bicyclic) bond motifs is 1. The van der Waals surface area contributed by atoms with Crippen LogP contribution >= 0.6 is 11.8 Å². The highest BCUT2D eigenvalue weighted by Gasteiger charge is 2.23. The Hall–Kier alpha value is -2.41. The van der Waals surface area contributed by atoms with E-state index in [4.69, 9.17) is 0 Å². The molecule has 0 spiro atoms. The van der Waals surface area contributed by atoms with Crippen LogP contribution in [0.4, 0.5) is 20.2 Å². The number of hydrogen-bond acceptors (Lipinski definition) is 3. The van der Waals surface area contributed by atoms with E-state index in [-0.39, 0.29) is 22.4 Å². The van der Waals surface area contributed by atoms with Gasteiger partial charge in [0.15, 0.2) is 0 Å². The van der Waals surface area contributed by atoms with Gasteiger partial charge in [0, 0.05) is 16.5 Å². The molecule has 1 unspecified atom stereocenters. The van der Waals surface area contributed by atoms with Crippen LogP contribution in [-0.2, 0) is 4.79 Å². The van der Waals surface area contributed by atoms with E-state index in [1.165, 1.54) is 17.8 Å². The number of carbonyl (C=O) groups is 2. The molecule has 23 heavy (non-hydrogen) atoms. The maximum absolute atomic E-state index is 13.6. The molecule has 2 aromatic rings. The van der Waals surface area contributed by atoms with E-state index in [0.717, 1.165) is 17.0 Å². The van der Waals surface area contributed by atoms with Gasteiger partial charge in [0.25, 0.3) is 5.91 Å². The van der Waals surface area contributed by atoms with E-state index in [2.05, 4.69) is 10.6 Å². The number of nitrogens with one attached hydrogen (secondary N) is 2. The summed E-state index contributed by atoms with van der Waals surface area (Å²) >= 11 is 1.40. The fraction of sp³-hybridized carbons (Fsp3) is 0.125. The SMILES string of the molecule is CC1Sc2ccc(C(=O)Nc3ccc(F)cc3F)cc2NC1=O. The maximum Gasteiger partial charge on any atom is 0.255 e. The Morgan fingerprint density at radius 3 is 2.74 bits per heavy atom. The highest BCUT2D eigenvalue weighted by molar-refractivity contribution is 8.00. The molecule has 1 aliphatic rings. The minimum absolute atomic E-state index is 0.110. The second-order valence-electron chi connectivity index (χ2n) is 5.04. The standard InChI is InChI=1S/C16H12F2N2O2S/c1-8-15(21)20-13-6-9(2-5-14(13)23-8)16(22)19-12-4-3-10(17)7-11(12)18/h2-8H,1H3,(H,19,22)(H,20,21). The molecule has 0 fully saturated rings. The number of hydrogen-bond donors (Lipinski definition) is 2. The van der Waals surface area contributed by atoms with Gasteiger partial charge in [0.05, 0.1) is 16.6 Å². The van der Waals surface area contributed by atoms with E-state index in [0.29, 0.717) is 11.8 Å². The van der Waals surface area contributed by atoms with Gasteiger partial charge in [-0.1, -0.05) is 0 Å². The lowest BCUT2D eigenvalue weighted by molar-refractivity contribution is -0.115. The molecule has 2 aromatic carbocycles. The fourth-order valence-electron chi connectivity index (χ4n) is 2.14. The van der Waals surface area contributed by atoms with E-state index in [1.807, 2.05) is 0 Å². The van der Waals surface area contributed by atoms with Gasteiger partial charge in [0.2, 0.25) is 5.91 Å². The predicted molar refractivity (Wildman–Crippen MR) is 84.7 cm³/mol. The number of carbonyl (C=O) groups excluding carboxylic acids is 2. The number of rotatable bonds is 2. The van der Waals surface area contributed by atoms with Gasteiger partial charge < -0.3 is 10.6 Å². The Labute approximate surface area is 135 Å². The molecule has 0 radical (unpaired) electrons. The van der Waals surface area contributed by atoms with Crippen molar-refractivity contribution in [2.45, 2.75) is 17.1 Å². The first-order valence-electron chi connectivity index (χ1n) is 6.82. The molecule has 0 saturated heterocycles. The summed E-state index contributed by atoms with van der Waals surface area (Å²) < 4.78 is 26.4. The van der Waals surface area contributed by atoms with Gasteiger partial charge in [0.1, 0.15) is 11.6 Å². The van der Waals surface area contributed by atoms with Crippen LogP contribution in [0.25, 0.3) is 0 Å². The summed E-state index contributed by atoms with van der Waals surface area (Å²) in [5.41, 5.74) is 0.703. The number of anilines is 2.